The van der Waals surface area contributed by atoms with Gasteiger partial charge in [0.25, 0.3) is 5.91 Å². The standard InChI is InChI=1S/C26H24N2O4/c1-2-31-24-7-4-3-6-23(24)26(30)28-17-5-8-25(29)32-22-15-13-21(14-16-22)20-11-9-19(18-27)10-12-20/h3-4,6-7,9-16H,2,5,8,17H2,1H3,(H,28,30). The molecule has 3 rings (SSSR count). The van der Waals surface area contributed by atoms with Gasteiger partial charge in [-0.05, 0) is 60.9 Å². The first-order chi connectivity index (χ1) is 15.6. The number of ether oxygens (including phenoxy) is 2. The fourth-order valence-corrected chi connectivity index (χ4v) is 3.10. The van der Waals surface area contributed by atoms with Gasteiger partial charge in [0, 0.05) is 13.0 Å². The number of carbonyl (C=O) groups excluding carboxylic acids is 2. The zero-order valence-corrected chi connectivity index (χ0v) is 17.8. The molecule has 0 aliphatic rings. The van der Waals surface area contributed by atoms with Crippen molar-refractivity contribution in [3.05, 3.63) is 83.9 Å². The summed E-state index contributed by atoms with van der Waals surface area (Å²) in [5.74, 6) is 0.402. The van der Waals surface area contributed by atoms with Gasteiger partial charge in [-0.3, -0.25) is 9.59 Å². The van der Waals surface area contributed by atoms with Crippen LogP contribution in [-0.4, -0.2) is 25.0 Å². The SMILES string of the molecule is CCOc1ccccc1C(=O)NCCCC(=O)Oc1ccc(-c2ccc(C#N)cc2)cc1. The fraction of sp³-hybridized carbons (Fsp3) is 0.192. The summed E-state index contributed by atoms with van der Waals surface area (Å²) < 4.78 is 10.8. The summed E-state index contributed by atoms with van der Waals surface area (Å²) in [7, 11) is 0. The van der Waals surface area contributed by atoms with Crippen LogP contribution in [0.1, 0.15) is 35.7 Å². The highest BCUT2D eigenvalue weighted by Crippen LogP contribution is 2.23. The minimum Gasteiger partial charge on any atom is -0.493 e. The number of rotatable bonds is 9. The van der Waals surface area contributed by atoms with Crippen LogP contribution < -0.4 is 14.8 Å². The predicted molar refractivity (Wildman–Crippen MR) is 121 cm³/mol. The van der Waals surface area contributed by atoms with Crippen molar-refractivity contribution < 1.29 is 19.1 Å². The number of hydrogen-bond acceptors (Lipinski definition) is 5. The molecule has 0 heterocycles. The lowest BCUT2D eigenvalue weighted by Crippen LogP contribution is -2.25. The van der Waals surface area contributed by atoms with Gasteiger partial charge >= 0.3 is 5.97 Å². The first-order valence-electron chi connectivity index (χ1n) is 10.4. The van der Waals surface area contributed by atoms with Crippen LogP contribution in [0.4, 0.5) is 0 Å². The van der Waals surface area contributed by atoms with E-state index in [2.05, 4.69) is 11.4 Å². The summed E-state index contributed by atoms with van der Waals surface area (Å²) in [5.41, 5.74) is 3.01. The molecule has 0 saturated carbocycles. The molecule has 6 heteroatoms. The summed E-state index contributed by atoms with van der Waals surface area (Å²) in [6.45, 7) is 2.69. The molecular formula is C26H24N2O4. The Morgan fingerprint density at radius 1 is 0.938 bits per heavy atom. The van der Waals surface area contributed by atoms with E-state index in [-0.39, 0.29) is 18.3 Å². The van der Waals surface area contributed by atoms with Gasteiger partial charge in [0.05, 0.1) is 23.8 Å². The molecule has 0 fully saturated rings. The molecule has 1 N–H and O–H groups in total. The Bertz CT molecular complexity index is 1100. The molecule has 3 aromatic carbocycles. The topological polar surface area (TPSA) is 88.4 Å². The molecule has 1 amide bonds. The van der Waals surface area contributed by atoms with E-state index in [0.717, 1.165) is 11.1 Å². The molecule has 0 bridgehead atoms. The predicted octanol–water partition coefficient (Wildman–Crippen LogP) is 4.74. The highest BCUT2D eigenvalue weighted by atomic mass is 16.5. The Morgan fingerprint density at radius 2 is 1.59 bits per heavy atom. The van der Waals surface area contributed by atoms with E-state index in [4.69, 9.17) is 14.7 Å². The van der Waals surface area contributed by atoms with E-state index in [1.54, 1.807) is 42.5 Å². The second-order valence-electron chi connectivity index (χ2n) is 6.98. The molecule has 0 aliphatic heterocycles. The van der Waals surface area contributed by atoms with Gasteiger partial charge in [0.15, 0.2) is 0 Å². The molecule has 0 atom stereocenters. The number of carbonyl (C=O) groups is 2. The third-order valence-corrected chi connectivity index (χ3v) is 4.71. The Labute approximate surface area is 187 Å². The average molecular weight is 428 g/mol. The third-order valence-electron chi connectivity index (χ3n) is 4.71. The number of nitriles is 1. The van der Waals surface area contributed by atoms with Gasteiger partial charge in [-0.25, -0.2) is 0 Å². The fourth-order valence-electron chi connectivity index (χ4n) is 3.10. The van der Waals surface area contributed by atoms with Gasteiger partial charge in [-0.2, -0.15) is 5.26 Å². The first kappa shape index (κ1) is 22.6. The number of para-hydroxylation sites is 1. The summed E-state index contributed by atoms with van der Waals surface area (Å²) in [6.07, 6.45) is 0.648. The van der Waals surface area contributed by atoms with Crippen LogP contribution in [0.3, 0.4) is 0 Å². The van der Waals surface area contributed by atoms with E-state index >= 15 is 0 Å². The lowest BCUT2D eigenvalue weighted by molar-refractivity contribution is -0.134. The van der Waals surface area contributed by atoms with Crippen molar-refractivity contribution in [1.82, 2.24) is 5.32 Å². The number of amides is 1. The second-order valence-corrected chi connectivity index (χ2v) is 6.98. The molecule has 3 aromatic rings. The minimum atomic E-state index is -0.361. The molecule has 0 saturated heterocycles. The van der Waals surface area contributed by atoms with Crippen LogP contribution in [0.15, 0.2) is 72.8 Å². The quantitative estimate of drug-likeness (QED) is 0.302. The molecule has 0 aromatic heterocycles. The Hall–Kier alpha value is -4.11. The van der Waals surface area contributed by atoms with Crippen molar-refractivity contribution in [2.75, 3.05) is 13.2 Å². The van der Waals surface area contributed by atoms with Gasteiger partial charge < -0.3 is 14.8 Å². The molecule has 0 aliphatic carbocycles. The van der Waals surface area contributed by atoms with Gasteiger partial charge in [0.2, 0.25) is 0 Å². The van der Waals surface area contributed by atoms with Crippen molar-refractivity contribution in [2.24, 2.45) is 0 Å². The maximum atomic E-state index is 12.3. The second kappa shape index (κ2) is 11.3. The van der Waals surface area contributed by atoms with Crippen molar-refractivity contribution in [3.8, 4) is 28.7 Å². The smallest absolute Gasteiger partial charge is 0.311 e. The lowest BCUT2D eigenvalue weighted by Gasteiger charge is -2.10. The average Bonchev–Trinajstić information content (AvgIpc) is 2.83. The monoisotopic (exact) mass is 428 g/mol. The number of benzene rings is 3. The molecular weight excluding hydrogens is 404 g/mol. The van der Waals surface area contributed by atoms with Gasteiger partial charge in [0.1, 0.15) is 11.5 Å². The molecule has 0 spiro atoms. The normalized spacial score (nSPS) is 10.1. The number of esters is 1. The zero-order valence-electron chi connectivity index (χ0n) is 17.8. The molecule has 32 heavy (non-hydrogen) atoms. The largest absolute Gasteiger partial charge is 0.493 e. The molecule has 0 unspecified atom stereocenters. The van der Waals surface area contributed by atoms with Crippen molar-refractivity contribution in [1.29, 1.82) is 5.26 Å². The van der Waals surface area contributed by atoms with Crippen molar-refractivity contribution in [2.45, 2.75) is 19.8 Å². The third kappa shape index (κ3) is 6.19. The summed E-state index contributed by atoms with van der Waals surface area (Å²) in [6, 6.07) is 23.6. The first-order valence-corrected chi connectivity index (χ1v) is 10.4. The number of nitrogens with zero attached hydrogens (tertiary/aromatic N) is 1. The van der Waals surface area contributed by atoms with Crippen LogP contribution >= 0.6 is 0 Å². The maximum Gasteiger partial charge on any atom is 0.311 e. The summed E-state index contributed by atoms with van der Waals surface area (Å²) in [4.78, 5) is 24.4. The van der Waals surface area contributed by atoms with Crippen LogP contribution in [-0.2, 0) is 4.79 Å². The summed E-state index contributed by atoms with van der Waals surface area (Å²) in [5, 5.41) is 11.7. The highest BCUT2D eigenvalue weighted by Gasteiger charge is 2.12. The minimum absolute atomic E-state index is 0.185. The Balaban J connectivity index is 1.44. The van der Waals surface area contributed by atoms with Gasteiger partial charge in [-0.15, -0.1) is 0 Å². The van der Waals surface area contributed by atoms with Crippen LogP contribution in [0.5, 0.6) is 11.5 Å². The van der Waals surface area contributed by atoms with Gasteiger partial charge in [-0.1, -0.05) is 36.4 Å². The van der Waals surface area contributed by atoms with Crippen LogP contribution in [0.2, 0.25) is 0 Å². The van der Waals surface area contributed by atoms with E-state index in [1.165, 1.54) is 0 Å². The van der Waals surface area contributed by atoms with E-state index in [0.29, 0.717) is 42.2 Å². The summed E-state index contributed by atoms with van der Waals surface area (Å²) >= 11 is 0. The number of hydrogen-bond donors (Lipinski definition) is 1. The number of nitrogens with one attached hydrogen (secondary N) is 1. The van der Waals surface area contributed by atoms with Crippen LogP contribution in [0, 0.1) is 11.3 Å². The molecule has 162 valence electrons. The molecule has 6 nitrogen and oxygen atoms in total. The van der Waals surface area contributed by atoms with E-state index in [1.807, 2.05) is 37.3 Å². The van der Waals surface area contributed by atoms with E-state index < -0.39 is 0 Å². The Morgan fingerprint density at radius 3 is 2.25 bits per heavy atom. The Kier molecular flexibility index (Phi) is 7.99. The van der Waals surface area contributed by atoms with Crippen LogP contribution in [0.25, 0.3) is 11.1 Å². The maximum absolute atomic E-state index is 12.3. The van der Waals surface area contributed by atoms with Crippen molar-refractivity contribution in [3.63, 3.8) is 0 Å². The lowest BCUT2D eigenvalue weighted by atomic mass is 10.0. The highest BCUT2D eigenvalue weighted by molar-refractivity contribution is 5.96. The van der Waals surface area contributed by atoms with Crippen molar-refractivity contribution >= 4 is 11.9 Å². The zero-order chi connectivity index (χ0) is 22.8. The molecule has 0 radical (unpaired) electrons. The van der Waals surface area contributed by atoms with E-state index in [9.17, 15) is 9.59 Å².